The molecular formula is C28H34N6O3. The van der Waals surface area contributed by atoms with Gasteiger partial charge in [0.2, 0.25) is 0 Å². The van der Waals surface area contributed by atoms with Crippen LogP contribution in [0.3, 0.4) is 0 Å². The number of benzene rings is 2. The van der Waals surface area contributed by atoms with Crippen LogP contribution in [0.25, 0.3) is 0 Å². The molecule has 2 aliphatic heterocycles. The van der Waals surface area contributed by atoms with Crippen molar-refractivity contribution in [3.05, 3.63) is 60.3 Å². The van der Waals surface area contributed by atoms with Gasteiger partial charge in [-0.25, -0.2) is 4.98 Å². The van der Waals surface area contributed by atoms with E-state index in [1.165, 1.54) is 0 Å². The standard InChI is InChI=1S/C28H34N6O3/c1-32-13-15-33(16-14-32)22-7-8-23(25(18-22)37-3)31-26-17-21(9-11-29-26)30-24-6-4-5-20-10-12-34(28(20)24)27(35)19-36-2/h4-9,11,17-18H,10,12-16,19H2,1-3H3,(H2,29,30,31). The fourth-order valence-corrected chi connectivity index (χ4v) is 4.92. The van der Waals surface area contributed by atoms with Crippen molar-refractivity contribution in [2.45, 2.75) is 6.42 Å². The minimum absolute atomic E-state index is 0.0419. The molecule has 0 spiro atoms. The normalized spacial score (nSPS) is 15.4. The lowest BCUT2D eigenvalue weighted by atomic mass is 10.1. The van der Waals surface area contributed by atoms with Gasteiger partial charge >= 0.3 is 0 Å². The molecule has 2 aromatic carbocycles. The van der Waals surface area contributed by atoms with Crippen LogP contribution in [0.4, 0.5) is 34.3 Å². The van der Waals surface area contributed by atoms with E-state index >= 15 is 0 Å². The summed E-state index contributed by atoms with van der Waals surface area (Å²) in [5.41, 5.74) is 5.81. The highest BCUT2D eigenvalue weighted by molar-refractivity contribution is 6.00. The number of fused-ring (bicyclic) bond motifs is 1. The summed E-state index contributed by atoms with van der Waals surface area (Å²) in [6.45, 7) is 4.82. The first-order chi connectivity index (χ1) is 18.1. The topological polar surface area (TPSA) is 82.2 Å². The first kappa shape index (κ1) is 24.9. The molecule has 0 aliphatic carbocycles. The zero-order chi connectivity index (χ0) is 25.8. The Morgan fingerprint density at radius 3 is 2.59 bits per heavy atom. The van der Waals surface area contributed by atoms with E-state index in [1.807, 2.05) is 30.3 Å². The van der Waals surface area contributed by atoms with Crippen LogP contribution >= 0.6 is 0 Å². The largest absolute Gasteiger partial charge is 0.494 e. The molecule has 194 valence electrons. The summed E-state index contributed by atoms with van der Waals surface area (Å²) in [5.74, 6) is 1.42. The summed E-state index contributed by atoms with van der Waals surface area (Å²) < 4.78 is 10.8. The number of piperazine rings is 1. The number of rotatable bonds is 8. The van der Waals surface area contributed by atoms with Crippen molar-refractivity contribution >= 4 is 40.2 Å². The number of hydrogen-bond donors (Lipinski definition) is 2. The number of ether oxygens (including phenoxy) is 2. The number of carbonyl (C=O) groups excluding carboxylic acids is 1. The van der Waals surface area contributed by atoms with Crippen LogP contribution in [-0.4, -0.2) is 76.4 Å². The van der Waals surface area contributed by atoms with E-state index in [2.05, 4.69) is 50.7 Å². The van der Waals surface area contributed by atoms with Crippen LogP contribution in [0.5, 0.6) is 5.75 Å². The fraction of sp³-hybridized carbons (Fsp3) is 0.357. The average molecular weight is 503 g/mol. The highest BCUT2D eigenvalue weighted by atomic mass is 16.5. The maximum atomic E-state index is 12.6. The highest BCUT2D eigenvalue weighted by Crippen LogP contribution is 2.38. The zero-order valence-electron chi connectivity index (χ0n) is 21.7. The van der Waals surface area contributed by atoms with Gasteiger partial charge in [-0.1, -0.05) is 12.1 Å². The van der Waals surface area contributed by atoms with Gasteiger partial charge < -0.3 is 34.8 Å². The van der Waals surface area contributed by atoms with Crippen molar-refractivity contribution in [2.24, 2.45) is 0 Å². The van der Waals surface area contributed by atoms with Crippen molar-refractivity contribution in [3.8, 4) is 5.75 Å². The lowest BCUT2D eigenvalue weighted by Gasteiger charge is -2.34. The van der Waals surface area contributed by atoms with Gasteiger partial charge in [-0.05, 0) is 43.3 Å². The Balaban J connectivity index is 1.33. The molecule has 9 nitrogen and oxygen atoms in total. The molecule has 0 saturated carbocycles. The van der Waals surface area contributed by atoms with Gasteiger partial charge in [0, 0.05) is 69.5 Å². The van der Waals surface area contributed by atoms with Gasteiger partial charge in [0.1, 0.15) is 18.2 Å². The fourth-order valence-electron chi connectivity index (χ4n) is 4.92. The number of methoxy groups -OCH3 is 2. The molecule has 1 aromatic heterocycles. The van der Waals surface area contributed by atoms with Crippen LogP contribution in [-0.2, 0) is 16.0 Å². The molecule has 0 bridgehead atoms. The number of likely N-dealkylation sites (N-methyl/N-ethyl adjacent to an activating group) is 1. The number of carbonyl (C=O) groups is 1. The number of pyridine rings is 1. The number of aromatic nitrogens is 1. The number of nitrogens with one attached hydrogen (secondary N) is 2. The van der Waals surface area contributed by atoms with E-state index in [0.29, 0.717) is 12.4 Å². The summed E-state index contributed by atoms with van der Waals surface area (Å²) >= 11 is 0. The quantitative estimate of drug-likeness (QED) is 0.481. The molecule has 37 heavy (non-hydrogen) atoms. The minimum Gasteiger partial charge on any atom is -0.494 e. The second-order valence-electron chi connectivity index (χ2n) is 9.40. The third-order valence-electron chi connectivity index (χ3n) is 6.92. The molecule has 2 aliphatic rings. The van der Waals surface area contributed by atoms with E-state index < -0.39 is 0 Å². The Labute approximate surface area is 218 Å². The van der Waals surface area contributed by atoms with Crippen molar-refractivity contribution in [1.29, 1.82) is 0 Å². The Bertz CT molecular complexity index is 1260. The molecule has 1 fully saturated rings. The first-order valence-electron chi connectivity index (χ1n) is 12.6. The monoisotopic (exact) mass is 502 g/mol. The van der Waals surface area contributed by atoms with Crippen LogP contribution in [0.1, 0.15) is 5.56 Å². The number of anilines is 6. The van der Waals surface area contributed by atoms with Crippen LogP contribution in [0, 0.1) is 0 Å². The lowest BCUT2D eigenvalue weighted by molar-refractivity contribution is -0.122. The van der Waals surface area contributed by atoms with Crippen LogP contribution in [0.2, 0.25) is 0 Å². The molecule has 2 N–H and O–H groups in total. The van der Waals surface area contributed by atoms with Crippen molar-refractivity contribution in [2.75, 3.05) is 81.0 Å². The molecule has 1 saturated heterocycles. The molecule has 0 radical (unpaired) electrons. The molecule has 0 atom stereocenters. The van der Waals surface area contributed by atoms with Crippen molar-refractivity contribution in [1.82, 2.24) is 9.88 Å². The van der Waals surface area contributed by atoms with Gasteiger partial charge in [0.05, 0.1) is 24.2 Å². The summed E-state index contributed by atoms with van der Waals surface area (Å²) in [7, 11) is 5.38. The summed E-state index contributed by atoms with van der Waals surface area (Å²) in [6.07, 6.45) is 2.58. The maximum Gasteiger partial charge on any atom is 0.253 e. The van der Waals surface area contributed by atoms with E-state index in [4.69, 9.17) is 9.47 Å². The predicted octanol–water partition coefficient (Wildman–Crippen LogP) is 3.86. The minimum atomic E-state index is -0.0419. The highest BCUT2D eigenvalue weighted by Gasteiger charge is 2.27. The van der Waals surface area contributed by atoms with E-state index in [1.54, 1.807) is 25.3 Å². The smallest absolute Gasteiger partial charge is 0.253 e. The molecule has 5 rings (SSSR count). The molecule has 3 heterocycles. The maximum absolute atomic E-state index is 12.6. The number of hydrogen-bond acceptors (Lipinski definition) is 8. The summed E-state index contributed by atoms with van der Waals surface area (Å²) in [4.78, 5) is 23.6. The Hall–Kier alpha value is -3.82. The third kappa shape index (κ3) is 5.47. The van der Waals surface area contributed by atoms with Crippen LogP contribution < -0.4 is 25.2 Å². The summed E-state index contributed by atoms with van der Waals surface area (Å²) in [6, 6.07) is 16.2. The van der Waals surface area contributed by atoms with E-state index in [9.17, 15) is 4.79 Å². The number of para-hydroxylation sites is 1. The van der Waals surface area contributed by atoms with Crippen molar-refractivity contribution < 1.29 is 14.3 Å². The Morgan fingerprint density at radius 2 is 1.81 bits per heavy atom. The summed E-state index contributed by atoms with van der Waals surface area (Å²) in [5, 5.41) is 6.88. The van der Waals surface area contributed by atoms with Gasteiger partial charge in [-0.2, -0.15) is 0 Å². The van der Waals surface area contributed by atoms with Crippen LogP contribution in [0.15, 0.2) is 54.7 Å². The van der Waals surface area contributed by atoms with Gasteiger partial charge in [0.15, 0.2) is 0 Å². The molecule has 1 amide bonds. The van der Waals surface area contributed by atoms with Gasteiger partial charge in [-0.15, -0.1) is 0 Å². The molecular weight excluding hydrogens is 468 g/mol. The van der Waals surface area contributed by atoms with Gasteiger partial charge in [0.25, 0.3) is 5.91 Å². The first-order valence-corrected chi connectivity index (χ1v) is 12.6. The Morgan fingerprint density at radius 1 is 0.973 bits per heavy atom. The second-order valence-corrected chi connectivity index (χ2v) is 9.40. The molecule has 3 aromatic rings. The number of amides is 1. The van der Waals surface area contributed by atoms with E-state index in [-0.39, 0.29) is 12.5 Å². The SMILES string of the molecule is COCC(=O)N1CCc2cccc(Nc3ccnc(Nc4ccc(N5CCN(C)CC5)cc4OC)c3)c21. The second kappa shape index (κ2) is 11.1. The number of nitrogens with zero attached hydrogens (tertiary/aromatic N) is 4. The zero-order valence-corrected chi connectivity index (χ0v) is 21.7. The molecule has 0 unspecified atom stereocenters. The lowest BCUT2D eigenvalue weighted by Crippen LogP contribution is -2.44. The Kier molecular flexibility index (Phi) is 7.43. The predicted molar refractivity (Wildman–Crippen MR) is 148 cm³/mol. The van der Waals surface area contributed by atoms with E-state index in [0.717, 1.165) is 72.3 Å². The van der Waals surface area contributed by atoms with Crippen molar-refractivity contribution in [3.63, 3.8) is 0 Å². The van der Waals surface area contributed by atoms with Gasteiger partial charge in [-0.3, -0.25) is 4.79 Å². The average Bonchev–Trinajstić information content (AvgIpc) is 3.35. The third-order valence-corrected chi connectivity index (χ3v) is 6.92. The molecule has 9 heteroatoms.